The molecular formula is C21H17ClN2O2. The third-order valence-corrected chi connectivity index (χ3v) is 3.87. The molecule has 130 valence electrons. The lowest BCUT2D eigenvalue weighted by Crippen LogP contribution is -2.17. The molecule has 0 heterocycles. The number of carbonyl (C=O) groups excluding carboxylic acids is 1. The van der Waals surface area contributed by atoms with Crippen molar-refractivity contribution < 1.29 is 9.53 Å². The fraction of sp³-hybridized carbons (Fsp3) is 0.0476. The first-order valence-electron chi connectivity index (χ1n) is 8.06. The summed E-state index contributed by atoms with van der Waals surface area (Å²) in [6.07, 6.45) is 1.59. The summed E-state index contributed by atoms with van der Waals surface area (Å²) >= 11 is 5.86. The molecule has 0 radical (unpaired) electrons. The third kappa shape index (κ3) is 5.19. The maximum atomic E-state index is 11.9. The minimum Gasteiger partial charge on any atom is -0.489 e. The van der Waals surface area contributed by atoms with Gasteiger partial charge in [0.15, 0.2) is 0 Å². The van der Waals surface area contributed by atoms with Gasteiger partial charge in [0.05, 0.1) is 6.21 Å². The summed E-state index contributed by atoms with van der Waals surface area (Å²) in [6, 6.07) is 23.9. The van der Waals surface area contributed by atoms with Crippen molar-refractivity contribution in [2.24, 2.45) is 5.10 Å². The van der Waals surface area contributed by atoms with E-state index >= 15 is 0 Å². The Kier molecular flexibility index (Phi) is 6.01. The molecule has 26 heavy (non-hydrogen) atoms. The highest BCUT2D eigenvalue weighted by atomic mass is 35.5. The zero-order chi connectivity index (χ0) is 18.2. The summed E-state index contributed by atoms with van der Waals surface area (Å²) in [5.41, 5.74) is 4.97. The molecule has 0 fully saturated rings. The molecule has 0 aliphatic carbocycles. The van der Waals surface area contributed by atoms with Crippen LogP contribution in [0.1, 0.15) is 21.5 Å². The molecule has 3 aromatic carbocycles. The first-order valence-corrected chi connectivity index (χ1v) is 8.44. The number of halogens is 1. The fourth-order valence-corrected chi connectivity index (χ4v) is 2.34. The molecule has 0 aromatic heterocycles. The monoisotopic (exact) mass is 364 g/mol. The molecule has 0 aliphatic rings. The molecule has 0 spiro atoms. The highest BCUT2D eigenvalue weighted by molar-refractivity contribution is 6.30. The number of hydrogen-bond donors (Lipinski definition) is 1. The number of rotatable bonds is 6. The molecular weight excluding hydrogens is 348 g/mol. The molecule has 0 unspecified atom stereocenters. The van der Waals surface area contributed by atoms with Gasteiger partial charge in [-0.05, 0) is 59.7 Å². The lowest BCUT2D eigenvalue weighted by molar-refractivity contribution is 0.0955. The second kappa shape index (κ2) is 8.83. The van der Waals surface area contributed by atoms with E-state index in [9.17, 15) is 4.79 Å². The van der Waals surface area contributed by atoms with Crippen LogP contribution >= 0.6 is 11.6 Å². The molecule has 1 amide bonds. The van der Waals surface area contributed by atoms with Gasteiger partial charge in [-0.1, -0.05) is 41.9 Å². The Hall–Kier alpha value is -3.11. The Bertz CT molecular complexity index is 876. The van der Waals surface area contributed by atoms with Gasteiger partial charge in [0.1, 0.15) is 12.4 Å². The first kappa shape index (κ1) is 17.7. The Morgan fingerprint density at radius 2 is 1.65 bits per heavy atom. The predicted octanol–water partition coefficient (Wildman–Crippen LogP) is 4.68. The van der Waals surface area contributed by atoms with E-state index in [2.05, 4.69) is 10.5 Å². The summed E-state index contributed by atoms with van der Waals surface area (Å²) in [7, 11) is 0. The number of carbonyl (C=O) groups is 1. The minimum atomic E-state index is -0.246. The van der Waals surface area contributed by atoms with Gasteiger partial charge in [-0.3, -0.25) is 4.79 Å². The average molecular weight is 365 g/mol. The Labute approximate surface area is 157 Å². The van der Waals surface area contributed by atoms with Crippen molar-refractivity contribution >= 4 is 23.7 Å². The van der Waals surface area contributed by atoms with Crippen LogP contribution in [0, 0.1) is 0 Å². The van der Waals surface area contributed by atoms with Crippen LogP contribution in [-0.2, 0) is 6.61 Å². The average Bonchev–Trinajstić information content (AvgIpc) is 2.69. The largest absolute Gasteiger partial charge is 0.489 e. The van der Waals surface area contributed by atoms with E-state index in [0.717, 1.165) is 16.9 Å². The molecule has 5 heteroatoms. The van der Waals surface area contributed by atoms with Crippen molar-refractivity contribution in [1.82, 2.24) is 5.43 Å². The lowest BCUT2D eigenvalue weighted by atomic mass is 10.2. The van der Waals surface area contributed by atoms with Crippen LogP contribution < -0.4 is 10.2 Å². The zero-order valence-corrected chi connectivity index (χ0v) is 14.7. The predicted molar refractivity (Wildman–Crippen MR) is 104 cm³/mol. The summed E-state index contributed by atoms with van der Waals surface area (Å²) < 4.78 is 5.73. The van der Waals surface area contributed by atoms with Crippen LogP contribution in [0.25, 0.3) is 0 Å². The maximum absolute atomic E-state index is 11.9. The number of benzene rings is 3. The van der Waals surface area contributed by atoms with Crippen molar-refractivity contribution in [3.8, 4) is 5.75 Å². The molecule has 0 atom stereocenters. The number of amides is 1. The van der Waals surface area contributed by atoms with E-state index in [-0.39, 0.29) is 5.91 Å². The Morgan fingerprint density at radius 3 is 2.35 bits per heavy atom. The van der Waals surface area contributed by atoms with Crippen molar-refractivity contribution in [2.45, 2.75) is 6.61 Å². The van der Waals surface area contributed by atoms with Gasteiger partial charge in [-0.2, -0.15) is 5.10 Å². The van der Waals surface area contributed by atoms with Crippen molar-refractivity contribution in [1.29, 1.82) is 0 Å². The molecule has 0 saturated carbocycles. The third-order valence-electron chi connectivity index (χ3n) is 3.61. The number of ether oxygens (including phenoxy) is 1. The number of nitrogens with zero attached hydrogens (tertiary/aromatic N) is 1. The minimum absolute atomic E-state index is 0.246. The van der Waals surface area contributed by atoms with Crippen molar-refractivity contribution in [3.63, 3.8) is 0 Å². The van der Waals surface area contributed by atoms with E-state index in [1.165, 1.54) is 0 Å². The molecule has 0 bridgehead atoms. The lowest BCUT2D eigenvalue weighted by Gasteiger charge is -2.06. The van der Waals surface area contributed by atoms with E-state index in [1.54, 1.807) is 30.5 Å². The zero-order valence-electron chi connectivity index (χ0n) is 13.9. The van der Waals surface area contributed by atoms with Crippen LogP contribution in [0.5, 0.6) is 5.75 Å². The molecule has 0 aliphatic heterocycles. The topological polar surface area (TPSA) is 50.7 Å². The van der Waals surface area contributed by atoms with Gasteiger partial charge in [-0.25, -0.2) is 5.43 Å². The van der Waals surface area contributed by atoms with E-state index in [1.807, 2.05) is 54.6 Å². The number of hydrazone groups is 1. The van der Waals surface area contributed by atoms with E-state index in [0.29, 0.717) is 17.2 Å². The summed E-state index contributed by atoms with van der Waals surface area (Å²) in [6.45, 7) is 0.470. The van der Waals surface area contributed by atoms with Gasteiger partial charge in [-0.15, -0.1) is 0 Å². The number of hydrogen-bond acceptors (Lipinski definition) is 3. The molecule has 3 aromatic rings. The quantitative estimate of drug-likeness (QED) is 0.510. The normalized spacial score (nSPS) is 10.7. The highest BCUT2D eigenvalue weighted by Crippen LogP contribution is 2.15. The van der Waals surface area contributed by atoms with Crippen LogP contribution in [0.15, 0.2) is 84.0 Å². The Morgan fingerprint density at radius 1 is 0.962 bits per heavy atom. The van der Waals surface area contributed by atoms with Gasteiger partial charge in [0, 0.05) is 10.6 Å². The standard InChI is InChI=1S/C21H17ClN2O2/c22-19-10-6-17(7-11-19)15-26-20-12-8-16(9-13-20)14-23-24-21(25)18-4-2-1-3-5-18/h1-14H,15H2,(H,24,25)/b23-14-. The maximum Gasteiger partial charge on any atom is 0.271 e. The van der Waals surface area contributed by atoms with Gasteiger partial charge in [0.25, 0.3) is 5.91 Å². The molecule has 4 nitrogen and oxygen atoms in total. The van der Waals surface area contributed by atoms with Crippen LogP contribution in [-0.4, -0.2) is 12.1 Å². The Balaban J connectivity index is 1.51. The van der Waals surface area contributed by atoms with Crippen molar-refractivity contribution in [3.05, 3.63) is 101 Å². The smallest absolute Gasteiger partial charge is 0.271 e. The van der Waals surface area contributed by atoms with Crippen molar-refractivity contribution in [2.75, 3.05) is 0 Å². The van der Waals surface area contributed by atoms with Gasteiger partial charge in [0.2, 0.25) is 0 Å². The molecule has 0 saturated heterocycles. The number of nitrogens with one attached hydrogen (secondary N) is 1. The summed E-state index contributed by atoms with van der Waals surface area (Å²) in [5.74, 6) is 0.509. The SMILES string of the molecule is O=C(N/N=C\c1ccc(OCc2ccc(Cl)cc2)cc1)c1ccccc1. The van der Waals surface area contributed by atoms with E-state index < -0.39 is 0 Å². The van der Waals surface area contributed by atoms with Gasteiger partial charge < -0.3 is 4.74 Å². The highest BCUT2D eigenvalue weighted by Gasteiger charge is 2.01. The molecule has 3 rings (SSSR count). The second-order valence-corrected chi connectivity index (χ2v) is 5.99. The van der Waals surface area contributed by atoms with E-state index in [4.69, 9.17) is 16.3 Å². The van der Waals surface area contributed by atoms with Crippen LogP contribution in [0.3, 0.4) is 0 Å². The van der Waals surface area contributed by atoms with Gasteiger partial charge >= 0.3 is 0 Å². The van der Waals surface area contributed by atoms with Crippen LogP contribution in [0.4, 0.5) is 0 Å². The fourth-order valence-electron chi connectivity index (χ4n) is 2.22. The first-order chi connectivity index (χ1) is 12.7. The second-order valence-electron chi connectivity index (χ2n) is 5.55. The summed E-state index contributed by atoms with van der Waals surface area (Å²) in [4.78, 5) is 11.9. The molecule has 1 N–H and O–H groups in total. The van der Waals surface area contributed by atoms with Crippen LogP contribution in [0.2, 0.25) is 5.02 Å². The summed E-state index contributed by atoms with van der Waals surface area (Å²) in [5, 5.41) is 4.68.